The highest BCUT2D eigenvalue weighted by atomic mass is 16.6. The number of nitrogens with one attached hydrogen (secondary N) is 1. The second-order valence-electron chi connectivity index (χ2n) is 3.07. The van der Waals surface area contributed by atoms with E-state index in [9.17, 15) is 4.79 Å². The predicted octanol–water partition coefficient (Wildman–Crippen LogP) is 1.00. The molecule has 5 nitrogen and oxygen atoms in total. The normalized spacial score (nSPS) is 11.3. The van der Waals surface area contributed by atoms with Crippen LogP contribution in [0.15, 0.2) is 24.3 Å². The third-order valence-electron chi connectivity index (χ3n) is 1.87. The number of rotatable bonds is 4. The lowest BCUT2D eigenvalue weighted by Gasteiger charge is -2.13. The molecule has 1 aromatic rings. The molecule has 5 heteroatoms. The van der Waals surface area contributed by atoms with Crippen LogP contribution >= 0.6 is 0 Å². The number of nitriles is 1. The van der Waals surface area contributed by atoms with E-state index in [4.69, 9.17) is 10.00 Å². The minimum atomic E-state index is -0.659. The lowest BCUT2D eigenvalue weighted by molar-refractivity contribution is -0.137. The van der Waals surface area contributed by atoms with E-state index in [1.165, 1.54) is 7.11 Å². The third kappa shape index (κ3) is 3.26. The van der Waals surface area contributed by atoms with Crippen molar-refractivity contribution in [2.24, 2.45) is 0 Å². The number of hydrogen-bond acceptors (Lipinski definition) is 4. The van der Waals surface area contributed by atoms with Crippen molar-refractivity contribution in [1.82, 2.24) is 5.48 Å². The van der Waals surface area contributed by atoms with Gasteiger partial charge in [0, 0.05) is 0 Å². The number of carbonyl (C=O) groups excluding carboxylic acids is 1. The van der Waals surface area contributed by atoms with Gasteiger partial charge in [-0.25, -0.2) is 5.48 Å². The van der Waals surface area contributed by atoms with Crippen LogP contribution in [0.2, 0.25) is 0 Å². The Hall–Kier alpha value is -2.06. The monoisotopic (exact) mass is 220 g/mol. The molecule has 0 spiro atoms. The Kier molecular flexibility index (Phi) is 4.30. The maximum absolute atomic E-state index is 11.3. The number of amides is 1. The highest BCUT2D eigenvalue weighted by molar-refractivity contribution is 5.79. The quantitative estimate of drug-likeness (QED) is 0.768. The lowest BCUT2D eigenvalue weighted by Crippen LogP contribution is -2.35. The summed E-state index contributed by atoms with van der Waals surface area (Å²) >= 11 is 0. The molecule has 1 amide bonds. The van der Waals surface area contributed by atoms with E-state index in [0.29, 0.717) is 11.3 Å². The number of benzene rings is 1. The Labute approximate surface area is 93.5 Å². The molecule has 0 heterocycles. The van der Waals surface area contributed by atoms with Gasteiger partial charge in [0.1, 0.15) is 5.75 Å². The van der Waals surface area contributed by atoms with Gasteiger partial charge < -0.3 is 4.74 Å². The average Bonchev–Trinajstić information content (AvgIpc) is 2.30. The topological polar surface area (TPSA) is 71.3 Å². The minimum absolute atomic E-state index is 0.369. The molecule has 1 aromatic carbocycles. The highest BCUT2D eigenvalue weighted by Crippen LogP contribution is 2.13. The fraction of sp³-hybridized carbons (Fsp3) is 0.273. The van der Waals surface area contributed by atoms with Crippen molar-refractivity contribution in [2.75, 3.05) is 7.11 Å². The van der Waals surface area contributed by atoms with Crippen molar-refractivity contribution < 1.29 is 14.4 Å². The molecular weight excluding hydrogens is 208 g/mol. The summed E-state index contributed by atoms with van der Waals surface area (Å²) in [5.74, 6) is 0.157. The predicted molar refractivity (Wildman–Crippen MR) is 56.4 cm³/mol. The van der Waals surface area contributed by atoms with Crippen LogP contribution in [0.25, 0.3) is 0 Å². The van der Waals surface area contributed by atoms with Gasteiger partial charge >= 0.3 is 0 Å². The number of carbonyl (C=O) groups is 1. The van der Waals surface area contributed by atoms with Crippen molar-refractivity contribution in [3.63, 3.8) is 0 Å². The summed E-state index contributed by atoms with van der Waals surface area (Å²) < 4.78 is 5.33. The van der Waals surface area contributed by atoms with Crippen LogP contribution in [-0.2, 0) is 9.63 Å². The Balaban J connectivity index is 2.59. The van der Waals surface area contributed by atoms with E-state index < -0.39 is 6.10 Å². The van der Waals surface area contributed by atoms with Crippen LogP contribution in [-0.4, -0.2) is 19.1 Å². The van der Waals surface area contributed by atoms with Crippen LogP contribution in [0.4, 0.5) is 0 Å². The second-order valence-corrected chi connectivity index (χ2v) is 3.07. The molecule has 0 fully saturated rings. The van der Waals surface area contributed by atoms with E-state index in [2.05, 4.69) is 10.3 Å². The molecule has 1 unspecified atom stereocenters. The largest absolute Gasteiger partial charge is 0.481 e. The van der Waals surface area contributed by atoms with Gasteiger partial charge in [-0.2, -0.15) is 5.26 Å². The molecular formula is C11H12N2O3. The minimum Gasteiger partial charge on any atom is -0.481 e. The van der Waals surface area contributed by atoms with Gasteiger partial charge in [-0.15, -0.1) is 0 Å². The standard InChI is InChI=1S/C11H12N2O3/c1-8(11(14)13-15-2)16-10-5-3-9(7-12)4-6-10/h3-6,8H,1-2H3,(H,13,14). The number of hydrogen-bond donors (Lipinski definition) is 1. The van der Waals surface area contributed by atoms with E-state index >= 15 is 0 Å². The summed E-state index contributed by atoms with van der Waals surface area (Å²) in [5, 5.41) is 8.60. The van der Waals surface area contributed by atoms with Gasteiger partial charge in [-0.05, 0) is 31.2 Å². The summed E-state index contributed by atoms with van der Waals surface area (Å²) in [6.07, 6.45) is -0.659. The van der Waals surface area contributed by atoms with Crippen molar-refractivity contribution in [2.45, 2.75) is 13.0 Å². The Bertz CT molecular complexity index is 395. The first kappa shape index (κ1) is 12.0. The number of hydroxylamine groups is 1. The molecule has 0 saturated heterocycles. The van der Waals surface area contributed by atoms with Crippen LogP contribution < -0.4 is 10.2 Å². The summed E-state index contributed by atoms with van der Waals surface area (Å²) in [6, 6.07) is 8.51. The molecule has 1 rings (SSSR count). The zero-order valence-corrected chi connectivity index (χ0v) is 9.06. The number of nitrogens with zero attached hydrogens (tertiary/aromatic N) is 1. The van der Waals surface area contributed by atoms with Crippen molar-refractivity contribution in [3.8, 4) is 11.8 Å². The molecule has 1 N–H and O–H groups in total. The summed E-state index contributed by atoms with van der Waals surface area (Å²) in [7, 11) is 1.35. The van der Waals surface area contributed by atoms with Gasteiger partial charge in [0.2, 0.25) is 0 Å². The van der Waals surface area contributed by atoms with E-state index in [1.807, 2.05) is 6.07 Å². The first-order valence-corrected chi connectivity index (χ1v) is 4.67. The fourth-order valence-corrected chi connectivity index (χ4v) is 1.05. The molecule has 1 atom stereocenters. The van der Waals surface area contributed by atoms with Crippen LogP contribution in [0, 0.1) is 11.3 Å². The SMILES string of the molecule is CONC(=O)C(C)Oc1ccc(C#N)cc1. The first-order valence-electron chi connectivity index (χ1n) is 4.67. The number of ether oxygens (including phenoxy) is 1. The molecule has 16 heavy (non-hydrogen) atoms. The lowest BCUT2D eigenvalue weighted by atomic mass is 10.2. The Morgan fingerprint density at radius 1 is 1.44 bits per heavy atom. The summed E-state index contributed by atoms with van der Waals surface area (Å²) in [6.45, 7) is 1.60. The molecule has 0 aliphatic rings. The summed E-state index contributed by atoms with van der Waals surface area (Å²) in [5.41, 5.74) is 2.71. The summed E-state index contributed by atoms with van der Waals surface area (Å²) in [4.78, 5) is 15.7. The Morgan fingerprint density at radius 2 is 2.06 bits per heavy atom. The van der Waals surface area contributed by atoms with Crippen LogP contribution in [0.1, 0.15) is 12.5 Å². The molecule has 0 aromatic heterocycles. The van der Waals surface area contributed by atoms with E-state index in [1.54, 1.807) is 31.2 Å². The molecule has 0 aliphatic carbocycles. The highest BCUT2D eigenvalue weighted by Gasteiger charge is 2.13. The first-order chi connectivity index (χ1) is 7.67. The smallest absolute Gasteiger partial charge is 0.284 e. The zero-order chi connectivity index (χ0) is 12.0. The zero-order valence-electron chi connectivity index (χ0n) is 9.06. The van der Waals surface area contributed by atoms with E-state index in [-0.39, 0.29) is 5.91 Å². The molecule has 0 radical (unpaired) electrons. The van der Waals surface area contributed by atoms with Gasteiger partial charge in [0.05, 0.1) is 18.7 Å². The Morgan fingerprint density at radius 3 is 2.56 bits per heavy atom. The third-order valence-corrected chi connectivity index (χ3v) is 1.87. The van der Waals surface area contributed by atoms with Crippen LogP contribution in [0.3, 0.4) is 0 Å². The van der Waals surface area contributed by atoms with Crippen LogP contribution in [0.5, 0.6) is 5.75 Å². The average molecular weight is 220 g/mol. The van der Waals surface area contributed by atoms with E-state index in [0.717, 1.165) is 0 Å². The van der Waals surface area contributed by atoms with Gasteiger partial charge in [0.15, 0.2) is 6.10 Å². The van der Waals surface area contributed by atoms with Gasteiger partial charge in [-0.1, -0.05) is 0 Å². The molecule has 0 bridgehead atoms. The maximum Gasteiger partial charge on any atom is 0.284 e. The molecule has 0 saturated carbocycles. The molecule has 0 aliphatic heterocycles. The van der Waals surface area contributed by atoms with Gasteiger partial charge in [0.25, 0.3) is 5.91 Å². The van der Waals surface area contributed by atoms with Crippen molar-refractivity contribution in [3.05, 3.63) is 29.8 Å². The van der Waals surface area contributed by atoms with Crippen molar-refractivity contribution >= 4 is 5.91 Å². The second kappa shape index (κ2) is 5.73. The maximum atomic E-state index is 11.3. The fourth-order valence-electron chi connectivity index (χ4n) is 1.05. The van der Waals surface area contributed by atoms with Crippen molar-refractivity contribution in [1.29, 1.82) is 5.26 Å². The molecule has 84 valence electrons. The van der Waals surface area contributed by atoms with Gasteiger partial charge in [-0.3, -0.25) is 9.63 Å².